The predicted molar refractivity (Wildman–Crippen MR) is 74.4 cm³/mol. The zero-order chi connectivity index (χ0) is 14.5. The number of carbonyl (C=O) groups excluding carboxylic acids is 1. The molecule has 0 amide bonds. The first-order valence-electron chi connectivity index (χ1n) is 6.00. The summed E-state index contributed by atoms with van der Waals surface area (Å²) in [6.07, 6.45) is -0.757. The van der Waals surface area contributed by atoms with Gasteiger partial charge >= 0.3 is 6.16 Å². The van der Waals surface area contributed by atoms with Crippen LogP contribution in [0.2, 0.25) is 0 Å². The fraction of sp³-hybridized carbons (Fsp3) is 0.125. The van der Waals surface area contributed by atoms with Crippen LogP contribution in [-0.2, 0) is 4.74 Å². The second-order valence-electron chi connectivity index (χ2n) is 4.28. The normalized spacial score (nSPS) is 9.65. The Bertz CT molecular complexity index is 686. The molecule has 0 aromatic heterocycles. The summed E-state index contributed by atoms with van der Waals surface area (Å²) in [6, 6.07) is 14.8. The Labute approximate surface area is 117 Å². The number of methoxy groups -OCH3 is 1. The first kappa shape index (κ1) is 13.6. The fourth-order valence-corrected chi connectivity index (χ4v) is 1.88. The van der Waals surface area contributed by atoms with Crippen LogP contribution >= 0.6 is 0 Å². The molecule has 0 N–H and O–H groups in total. The lowest BCUT2D eigenvalue weighted by atomic mass is 10.0. The van der Waals surface area contributed by atoms with E-state index in [1.54, 1.807) is 24.3 Å². The number of aryl methyl sites for hydroxylation is 1. The van der Waals surface area contributed by atoms with E-state index in [1.807, 2.05) is 25.1 Å². The lowest BCUT2D eigenvalue weighted by molar-refractivity contribution is 0.121. The number of carbonyl (C=O) groups is 1. The van der Waals surface area contributed by atoms with Gasteiger partial charge < -0.3 is 9.47 Å². The zero-order valence-corrected chi connectivity index (χ0v) is 11.2. The van der Waals surface area contributed by atoms with Crippen LogP contribution in [0.3, 0.4) is 0 Å². The molecule has 0 saturated heterocycles. The van der Waals surface area contributed by atoms with Crippen molar-refractivity contribution in [3.63, 3.8) is 0 Å². The highest BCUT2D eigenvalue weighted by atomic mass is 16.7. The molecule has 0 bridgehead atoms. The predicted octanol–water partition coefficient (Wildman–Crippen LogP) is 3.68. The van der Waals surface area contributed by atoms with E-state index in [0.717, 1.165) is 16.7 Å². The largest absolute Gasteiger partial charge is 0.513 e. The number of rotatable bonds is 2. The number of nitrogens with zero attached hydrogens (tertiary/aromatic N) is 1. The molecule has 0 fully saturated rings. The maximum Gasteiger partial charge on any atom is 0.513 e. The summed E-state index contributed by atoms with van der Waals surface area (Å²) in [5.74, 6) is 0.411. The lowest BCUT2D eigenvalue weighted by Crippen LogP contribution is -2.07. The van der Waals surface area contributed by atoms with E-state index in [2.05, 4.69) is 10.8 Å². The smallest absolute Gasteiger partial charge is 0.437 e. The first-order valence-corrected chi connectivity index (χ1v) is 6.00. The topological polar surface area (TPSA) is 59.3 Å². The Balaban J connectivity index is 2.41. The Morgan fingerprint density at radius 2 is 1.95 bits per heavy atom. The Kier molecular flexibility index (Phi) is 4.02. The third-order valence-electron chi connectivity index (χ3n) is 2.74. The molecule has 0 saturated carbocycles. The fourth-order valence-electron chi connectivity index (χ4n) is 1.88. The van der Waals surface area contributed by atoms with E-state index < -0.39 is 6.16 Å². The SMILES string of the molecule is COC(=O)Oc1cc(C)cc(-c2cccc(C#N)c2)c1. The molecule has 0 radical (unpaired) electrons. The highest BCUT2D eigenvalue weighted by Crippen LogP contribution is 2.26. The molecule has 0 aliphatic rings. The van der Waals surface area contributed by atoms with Crippen LogP contribution in [0.25, 0.3) is 11.1 Å². The Morgan fingerprint density at radius 3 is 2.65 bits per heavy atom. The third-order valence-corrected chi connectivity index (χ3v) is 2.74. The van der Waals surface area contributed by atoms with Crippen LogP contribution in [0.4, 0.5) is 4.79 Å². The van der Waals surface area contributed by atoms with E-state index in [4.69, 9.17) is 10.00 Å². The minimum atomic E-state index is -0.757. The minimum Gasteiger partial charge on any atom is -0.437 e. The molecule has 0 aliphatic heterocycles. The second-order valence-corrected chi connectivity index (χ2v) is 4.28. The summed E-state index contributed by atoms with van der Waals surface area (Å²) in [5.41, 5.74) is 3.30. The van der Waals surface area contributed by atoms with Crippen LogP contribution in [0.1, 0.15) is 11.1 Å². The van der Waals surface area contributed by atoms with Crippen LogP contribution in [0.5, 0.6) is 5.75 Å². The van der Waals surface area contributed by atoms with Gasteiger partial charge in [-0.25, -0.2) is 4.79 Å². The van der Waals surface area contributed by atoms with Gasteiger partial charge in [-0.2, -0.15) is 5.26 Å². The number of hydrogen-bond donors (Lipinski definition) is 0. The minimum absolute atomic E-state index is 0.411. The number of nitriles is 1. The van der Waals surface area contributed by atoms with Gasteiger partial charge in [0.1, 0.15) is 5.75 Å². The average Bonchev–Trinajstić information content (AvgIpc) is 2.46. The van der Waals surface area contributed by atoms with Gasteiger partial charge in [0, 0.05) is 0 Å². The molecule has 4 heteroatoms. The van der Waals surface area contributed by atoms with Crippen LogP contribution in [0.15, 0.2) is 42.5 Å². The van der Waals surface area contributed by atoms with Gasteiger partial charge in [0.25, 0.3) is 0 Å². The molecule has 4 nitrogen and oxygen atoms in total. The van der Waals surface area contributed by atoms with Gasteiger partial charge in [-0.3, -0.25) is 0 Å². The van der Waals surface area contributed by atoms with Crippen molar-refractivity contribution in [1.29, 1.82) is 5.26 Å². The van der Waals surface area contributed by atoms with Crippen molar-refractivity contribution in [1.82, 2.24) is 0 Å². The molecule has 2 aromatic rings. The van der Waals surface area contributed by atoms with Crippen LogP contribution in [-0.4, -0.2) is 13.3 Å². The van der Waals surface area contributed by atoms with Crippen molar-refractivity contribution < 1.29 is 14.3 Å². The number of hydrogen-bond acceptors (Lipinski definition) is 4. The summed E-state index contributed by atoms with van der Waals surface area (Å²) < 4.78 is 9.51. The number of ether oxygens (including phenoxy) is 2. The van der Waals surface area contributed by atoms with E-state index in [-0.39, 0.29) is 0 Å². The van der Waals surface area contributed by atoms with Crippen molar-refractivity contribution in [3.05, 3.63) is 53.6 Å². The van der Waals surface area contributed by atoms with E-state index >= 15 is 0 Å². The molecule has 2 rings (SSSR count). The van der Waals surface area contributed by atoms with Gasteiger partial charge in [-0.1, -0.05) is 18.2 Å². The molecular formula is C16H13NO3. The maximum absolute atomic E-state index is 11.2. The van der Waals surface area contributed by atoms with Crippen molar-refractivity contribution in [3.8, 4) is 22.9 Å². The maximum atomic E-state index is 11.2. The molecule has 0 aliphatic carbocycles. The van der Waals surface area contributed by atoms with Gasteiger partial charge in [-0.15, -0.1) is 0 Å². The van der Waals surface area contributed by atoms with E-state index in [9.17, 15) is 4.79 Å². The van der Waals surface area contributed by atoms with E-state index in [0.29, 0.717) is 11.3 Å². The summed E-state index contributed by atoms with van der Waals surface area (Å²) in [4.78, 5) is 11.2. The molecular weight excluding hydrogens is 254 g/mol. The molecule has 100 valence electrons. The Hall–Kier alpha value is -2.80. The summed E-state index contributed by atoms with van der Waals surface area (Å²) in [6.45, 7) is 1.90. The van der Waals surface area contributed by atoms with Crippen molar-refractivity contribution in [2.75, 3.05) is 7.11 Å². The second kappa shape index (κ2) is 5.89. The van der Waals surface area contributed by atoms with Crippen LogP contribution < -0.4 is 4.74 Å². The van der Waals surface area contributed by atoms with Crippen LogP contribution in [0, 0.1) is 18.3 Å². The molecule has 20 heavy (non-hydrogen) atoms. The molecule has 0 unspecified atom stereocenters. The van der Waals surface area contributed by atoms with Gasteiger partial charge in [0.15, 0.2) is 0 Å². The summed E-state index contributed by atoms with van der Waals surface area (Å²) in [5, 5.41) is 8.93. The van der Waals surface area contributed by atoms with Crippen molar-refractivity contribution in [2.45, 2.75) is 6.92 Å². The molecule has 2 aromatic carbocycles. The Morgan fingerprint density at radius 1 is 1.15 bits per heavy atom. The highest BCUT2D eigenvalue weighted by molar-refractivity contribution is 5.70. The molecule has 0 spiro atoms. The molecule has 0 heterocycles. The van der Waals surface area contributed by atoms with Gasteiger partial charge in [0.05, 0.1) is 18.7 Å². The average molecular weight is 267 g/mol. The lowest BCUT2D eigenvalue weighted by Gasteiger charge is -2.08. The standard InChI is InChI=1S/C16H13NO3/c1-11-6-14(9-15(7-11)20-16(18)19-2)13-5-3-4-12(8-13)10-17/h3-9H,1-2H3. The highest BCUT2D eigenvalue weighted by Gasteiger charge is 2.07. The van der Waals surface area contributed by atoms with Crippen molar-refractivity contribution >= 4 is 6.16 Å². The zero-order valence-electron chi connectivity index (χ0n) is 11.2. The monoisotopic (exact) mass is 267 g/mol. The summed E-state index contributed by atoms with van der Waals surface area (Å²) >= 11 is 0. The third kappa shape index (κ3) is 3.15. The quantitative estimate of drug-likeness (QED) is 0.615. The summed E-state index contributed by atoms with van der Waals surface area (Å²) in [7, 11) is 1.26. The van der Waals surface area contributed by atoms with E-state index in [1.165, 1.54) is 7.11 Å². The van der Waals surface area contributed by atoms with Crippen molar-refractivity contribution in [2.24, 2.45) is 0 Å². The van der Waals surface area contributed by atoms with Gasteiger partial charge in [-0.05, 0) is 47.9 Å². The molecule has 0 atom stereocenters. The van der Waals surface area contributed by atoms with Gasteiger partial charge in [0.2, 0.25) is 0 Å². The first-order chi connectivity index (χ1) is 9.62. The number of benzene rings is 2.